The van der Waals surface area contributed by atoms with E-state index >= 15 is 0 Å². The highest BCUT2D eigenvalue weighted by Crippen LogP contribution is 2.33. The maximum Gasteiger partial charge on any atom is 0.0725 e. The average molecular weight is 323 g/mol. The Balaban J connectivity index is 2.39. The van der Waals surface area contributed by atoms with Gasteiger partial charge in [-0.2, -0.15) is 0 Å². The van der Waals surface area contributed by atoms with Crippen molar-refractivity contribution in [3.05, 3.63) is 69.2 Å². The van der Waals surface area contributed by atoms with Crippen LogP contribution in [0.2, 0.25) is 10.0 Å². The third kappa shape index (κ3) is 3.98. The molecule has 2 aromatic rings. The summed E-state index contributed by atoms with van der Waals surface area (Å²) in [6.45, 7) is 4.42. The van der Waals surface area contributed by atoms with E-state index in [4.69, 9.17) is 29.0 Å². The fourth-order valence-electron chi connectivity index (χ4n) is 2.48. The molecule has 0 aliphatic heterocycles. The SMILES string of the molecule is CC(C)Cc1cccc(C(NN)c2cccc(Cl)c2Cl)c1. The number of nitrogens with two attached hydrogens (primary N) is 1. The Bertz CT molecular complexity index is 611. The minimum atomic E-state index is -0.177. The van der Waals surface area contributed by atoms with Crippen LogP contribution in [-0.2, 0) is 6.42 Å². The van der Waals surface area contributed by atoms with Gasteiger partial charge in [0.05, 0.1) is 16.1 Å². The number of rotatable bonds is 5. The van der Waals surface area contributed by atoms with Crippen LogP contribution in [0.3, 0.4) is 0 Å². The van der Waals surface area contributed by atoms with Crippen LogP contribution in [0.4, 0.5) is 0 Å². The number of hydrazine groups is 1. The van der Waals surface area contributed by atoms with Gasteiger partial charge in [-0.05, 0) is 35.1 Å². The van der Waals surface area contributed by atoms with Crippen molar-refractivity contribution in [2.24, 2.45) is 11.8 Å². The van der Waals surface area contributed by atoms with Crippen molar-refractivity contribution < 1.29 is 0 Å². The van der Waals surface area contributed by atoms with Crippen LogP contribution in [0.25, 0.3) is 0 Å². The van der Waals surface area contributed by atoms with Crippen molar-refractivity contribution in [1.82, 2.24) is 5.43 Å². The van der Waals surface area contributed by atoms with Gasteiger partial charge in [-0.3, -0.25) is 5.84 Å². The van der Waals surface area contributed by atoms with E-state index in [1.807, 2.05) is 18.2 Å². The molecule has 112 valence electrons. The minimum Gasteiger partial charge on any atom is -0.271 e. The smallest absolute Gasteiger partial charge is 0.0725 e. The molecule has 1 unspecified atom stereocenters. The lowest BCUT2D eigenvalue weighted by Crippen LogP contribution is -2.29. The molecule has 0 heterocycles. The first-order valence-corrected chi connectivity index (χ1v) is 7.77. The topological polar surface area (TPSA) is 38.0 Å². The second-order valence-electron chi connectivity index (χ2n) is 5.59. The fourth-order valence-corrected chi connectivity index (χ4v) is 2.90. The molecule has 0 saturated heterocycles. The second kappa shape index (κ2) is 7.28. The zero-order valence-corrected chi connectivity index (χ0v) is 13.7. The minimum absolute atomic E-state index is 0.177. The van der Waals surface area contributed by atoms with Crippen LogP contribution < -0.4 is 11.3 Å². The van der Waals surface area contributed by atoms with Gasteiger partial charge in [-0.1, -0.05) is 73.4 Å². The zero-order chi connectivity index (χ0) is 15.4. The van der Waals surface area contributed by atoms with Crippen LogP contribution in [0, 0.1) is 5.92 Å². The predicted octanol–water partition coefficient (Wildman–Crippen LogP) is 4.74. The molecule has 4 heteroatoms. The van der Waals surface area contributed by atoms with Crippen LogP contribution >= 0.6 is 23.2 Å². The van der Waals surface area contributed by atoms with Gasteiger partial charge in [0.25, 0.3) is 0 Å². The average Bonchev–Trinajstić information content (AvgIpc) is 2.44. The van der Waals surface area contributed by atoms with Crippen LogP contribution in [0.1, 0.15) is 36.6 Å². The maximum absolute atomic E-state index is 6.31. The lowest BCUT2D eigenvalue weighted by atomic mass is 9.95. The van der Waals surface area contributed by atoms with Crippen LogP contribution in [0.15, 0.2) is 42.5 Å². The van der Waals surface area contributed by atoms with Gasteiger partial charge in [0.15, 0.2) is 0 Å². The summed E-state index contributed by atoms with van der Waals surface area (Å²) in [5, 5.41) is 1.07. The zero-order valence-electron chi connectivity index (χ0n) is 12.2. The summed E-state index contributed by atoms with van der Waals surface area (Å²) in [6.07, 6.45) is 1.04. The van der Waals surface area contributed by atoms with Crippen molar-refractivity contribution >= 4 is 23.2 Å². The van der Waals surface area contributed by atoms with Crippen molar-refractivity contribution in [2.75, 3.05) is 0 Å². The van der Waals surface area contributed by atoms with Gasteiger partial charge in [-0.25, -0.2) is 5.43 Å². The molecule has 3 N–H and O–H groups in total. The van der Waals surface area contributed by atoms with Gasteiger partial charge in [0.2, 0.25) is 0 Å². The molecule has 0 spiro atoms. The van der Waals surface area contributed by atoms with Gasteiger partial charge in [0, 0.05) is 0 Å². The molecule has 0 aliphatic rings. The van der Waals surface area contributed by atoms with Crippen molar-refractivity contribution in [3.63, 3.8) is 0 Å². The van der Waals surface area contributed by atoms with E-state index in [-0.39, 0.29) is 6.04 Å². The summed E-state index contributed by atoms with van der Waals surface area (Å²) in [5.74, 6) is 6.37. The Morgan fingerprint density at radius 2 is 1.81 bits per heavy atom. The van der Waals surface area contributed by atoms with E-state index < -0.39 is 0 Å². The molecular formula is C17H20Cl2N2. The number of hydrogen-bond donors (Lipinski definition) is 2. The van der Waals surface area contributed by atoms with Gasteiger partial charge in [-0.15, -0.1) is 0 Å². The van der Waals surface area contributed by atoms with E-state index in [0.29, 0.717) is 16.0 Å². The third-order valence-corrected chi connectivity index (χ3v) is 4.22. The van der Waals surface area contributed by atoms with Gasteiger partial charge >= 0.3 is 0 Å². The van der Waals surface area contributed by atoms with E-state index in [9.17, 15) is 0 Å². The highest BCUT2D eigenvalue weighted by molar-refractivity contribution is 6.42. The third-order valence-electron chi connectivity index (χ3n) is 3.39. The standard InChI is InChI=1S/C17H20Cl2N2/c1-11(2)9-12-5-3-6-13(10-12)17(21-20)14-7-4-8-15(18)16(14)19/h3-8,10-11,17,21H,9,20H2,1-2H3. The molecule has 2 rings (SSSR count). The van der Waals surface area contributed by atoms with Crippen molar-refractivity contribution in [2.45, 2.75) is 26.3 Å². The Labute approximate surface area is 136 Å². The van der Waals surface area contributed by atoms with E-state index in [2.05, 4.69) is 37.5 Å². The van der Waals surface area contributed by atoms with E-state index in [1.54, 1.807) is 6.07 Å². The summed E-state index contributed by atoms with van der Waals surface area (Å²) >= 11 is 12.4. The van der Waals surface area contributed by atoms with Crippen LogP contribution in [-0.4, -0.2) is 0 Å². The maximum atomic E-state index is 6.31. The molecule has 0 aromatic heterocycles. The van der Waals surface area contributed by atoms with E-state index in [0.717, 1.165) is 17.5 Å². The molecule has 21 heavy (non-hydrogen) atoms. The molecule has 0 amide bonds. The van der Waals surface area contributed by atoms with Gasteiger partial charge < -0.3 is 0 Å². The summed E-state index contributed by atoms with van der Waals surface area (Å²) in [5.41, 5.74) is 6.10. The molecule has 0 bridgehead atoms. The number of hydrogen-bond acceptors (Lipinski definition) is 2. The first kappa shape index (κ1) is 16.3. The summed E-state index contributed by atoms with van der Waals surface area (Å²) < 4.78 is 0. The lowest BCUT2D eigenvalue weighted by Gasteiger charge is -2.20. The van der Waals surface area contributed by atoms with E-state index in [1.165, 1.54) is 5.56 Å². The second-order valence-corrected chi connectivity index (χ2v) is 6.37. The molecule has 2 aromatic carbocycles. The predicted molar refractivity (Wildman–Crippen MR) is 90.6 cm³/mol. The monoisotopic (exact) mass is 322 g/mol. The van der Waals surface area contributed by atoms with Crippen LogP contribution in [0.5, 0.6) is 0 Å². The quantitative estimate of drug-likeness (QED) is 0.616. The largest absolute Gasteiger partial charge is 0.271 e. The summed E-state index contributed by atoms with van der Waals surface area (Å²) in [4.78, 5) is 0. The first-order valence-electron chi connectivity index (χ1n) is 7.01. The highest BCUT2D eigenvalue weighted by atomic mass is 35.5. The molecule has 0 radical (unpaired) electrons. The fraction of sp³-hybridized carbons (Fsp3) is 0.294. The molecule has 0 saturated carbocycles. The lowest BCUT2D eigenvalue weighted by molar-refractivity contribution is 0.628. The number of nitrogens with one attached hydrogen (secondary N) is 1. The summed E-state index contributed by atoms with van der Waals surface area (Å²) in [7, 11) is 0. The Kier molecular flexibility index (Phi) is 5.65. The molecule has 1 atom stereocenters. The number of benzene rings is 2. The normalized spacial score (nSPS) is 12.7. The number of halogens is 2. The summed E-state index contributed by atoms with van der Waals surface area (Å²) in [6, 6.07) is 13.8. The Hall–Kier alpha value is -1.06. The Morgan fingerprint density at radius 3 is 2.48 bits per heavy atom. The molecular weight excluding hydrogens is 303 g/mol. The molecule has 0 fully saturated rings. The Morgan fingerprint density at radius 1 is 1.10 bits per heavy atom. The van der Waals surface area contributed by atoms with Gasteiger partial charge in [0.1, 0.15) is 0 Å². The first-order chi connectivity index (χ1) is 10.0. The molecule has 0 aliphatic carbocycles. The van der Waals surface area contributed by atoms with Crippen molar-refractivity contribution in [1.29, 1.82) is 0 Å². The molecule has 2 nitrogen and oxygen atoms in total. The highest BCUT2D eigenvalue weighted by Gasteiger charge is 2.17. The van der Waals surface area contributed by atoms with Crippen molar-refractivity contribution in [3.8, 4) is 0 Å².